The van der Waals surface area contributed by atoms with Crippen molar-refractivity contribution in [2.45, 2.75) is 65.6 Å². The van der Waals surface area contributed by atoms with Gasteiger partial charge in [-0.25, -0.2) is 0 Å². The monoisotopic (exact) mass is 346 g/mol. The number of fused-ring (bicyclic) bond motifs is 2. The molecule has 2 aliphatic carbocycles. The molecule has 1 saturated heterocycles. The number of ether oxygens (including phenoxy) is 2. The molecule has 2 fully saturated rings. The normalized spacial score (nSPS) is 37.0. The fraction of sp³-hybridized carbons (Fsp3) is 0.700. The lowest BCUT2D eigenvalue weighted by atomic mass is 9.54. The van der Waals surface area contributed by atoms with Crippen LogP contribution < -0.4 is 0 Å². The number of carbonyl (C=O) groups excluding carboxylic acids is 2. The van der Waals surface area contributed by atoms with E-state index in [0.29, 0.717) is 12.3 Å². The van der Waals surface area contributed by atoms with Gasteiger partial charge < -0.3 is 13.9 Å². The number of esters is 2. The summed E-state index contributed by atoms with van der Waals surface area (Å²) in [7, 11) is 0. The maximum atomic E-state index is 12.8. The topological polar surface area (TPSA) is 65.7 Å². The van der Waals surface area contributed by atoms with E-state index in [4.69, 9.17) is 13.9 Å². The van der Waals surface area contributed by atoms with E-state index in [1.165, 1.54) is 0 Å². The molecule has 2 heterocycles. The molecular formula is C20H26O5. The molecule has 4 rings (SSSR count). The third kappa shape index (κ3) is 2.20. The number of hydrogen-bond acceptors (Lipinski definition) is 5. The molecule has 1 aliphatic heterocycles. The van der Waals surface area contributed by atoms with Gasteiger partial charge in [-0.1, -0.05) is 20.8 Å². The minimum absolute atomic E-state index is 0.146. The molecule has 0 spiro atoms. The van der Waals surface area contributed by atoms with Gasteiger partial charge >= 0.3 is 11.9 Å². The molecule has 136 valence electrons. The van der Waals surface area contributed by atoms with Gasteiger partial charge in [0.05, 0.1) is 12.2 Å². The summed E-state index contributed by atoms with van der Waals surface area (Å²) in [5.41, 5.74) is 1.73. The summed E-state index contributed by atoms with van der Waals surface area (Å²) in [6, 6.07) is 0. The van der Waals surface area contributed by atoms with E-state index in [1.54, 1.807) is 6.26 Å². The fourth-order valence-electron chi connectivity index (χ4n) is 5.09. The Morgan fingerprint density at radius 1 is 1.44 bits per heavy atom. The minimum Gasteiger partial charge on any atom is -0.469 e. The van der Waals surface area contributed by atoms with E-state index in [0.717, 1.165) is 36.1 Å². The van der Waals surface area contributed by atoms with E-state index >= 15 is 0 Å². The molecule has 0 aromatic carbocycles. The standard InChI is InChI=1S/C20H26O5/c1-5-10(2)18(21)24-13-7-6-12-8-14-15(11(3)9-23-14)17-20(12,4)16(13)19(22)25-17/h9-10,12-13,16-17H,5-8H2,1-4H3/t10?,12-,13+,16-,17+,20+/m1/s1. The van der Waals surface area contributed by atoms with Crippen molar-refractivity contribution < 1.29 is 23.5 Å². The predicted molar refractivity (Wildman–Crippen MR) is 89.6 cm³/mol. The number of rotatable bonds is 3. The maximum absolute atomic E-state index is 12.8. The molecule has 6 atom stereocenters. The zero-order valence-corrected chi connectivity index (χ0v) is 15.3. The van der Waals surface area contributed by atoms with E-state index in [1.807, 2.05) is 20.8 Å². The van der Waals surface area contributed by atoms with Crippen LogP contribution >= 0.6 is 0 Å². The van der Waals surface area contributed by atoms with Crippen LogP contribution in [0, 0.1) is 30.1 Å². The Labute approximate surface area is 148 Å². The zero-order valence-electron chi connectivity index (χ0n) is 15.3. The molecular weight excluding hydrogens is 320 g/mol. The lowest BCUT2D eigenvalue weighted by molar-refractivity contribution is -0.167. The van der Waals surface area contributed by atoms with Gasteiger partial charge in [0, 0.05) is 17.4 Å². The van der Waals surface area contributed by atoms with Gasteiger partial charge in [-0.15, -0.1) is 0 Å². The SMILES string of the molecule is CCC(C)C(=O)O[C@H]1CC[C@@H]2Cc3occ(C)c3[C@@H]3OC(=O)[C@@H]1[C@]23C. The van der Waals surface area contributed by atoms with Crippen molar-refractivity contribution in [1.82, 2.24) is 0 Å². The van der Waals surface area contributed by atoms with Gasteiger partial charge in [0.25, 0.3) is 0 Å². The van der Waals surface area contributed by atoms with Crippen LogP contribution in [0.15, 0.2) is 10.7 Å². The molecule has 5 heteroatoms. The highest BCUT2D eigenvalue weighted by molar-refractivity contribution is 5.79. The van der Waals surface area contributed by atoms with E-state index in [2.05, 4.69) is 6.92 Å². The fourth-order valence-corrected chi connectivity index (χ4v) is 5.09. The Kier molecular flexibility index (Phi) is 3.74. The van der Waals surface area contributed by atoms with Gasteiger partial charge in [-0.2, -0.15) is 0 Å². The van der Waals surface area contributed by atoms with E-state index in [-0.39, 0.29) is 41.4 Å². The van der Waals surface area contributed by atoms with Crippen LogP contribution in [-0.4, -0.2) is 18.0 Å². The van der Waals surface area contributed by atoms with Crippen LogP contribution in [0.2, 0.25) is 0 Å². The Hall–Kier alpha value is -1.78. The Balaban J connectivity index is 1.69. The van der Waals surface area contributed by atoms with Crippen molar-refractivity contribution in [3.05, 3.63) is 23.2 Å². The highest BCUT2D eigenvalue weighted by atomic mass is 16.6. The minimum atomic E-state index is -0.383. The molecule has 0 radical (unpaired) electrons. The van der Waals surface area contributed by atoms with Gasteiger partial charge in [0.1, 0.15) is 23.9 Å². The number of furan rings is 1. The summed E-state index contributed by atoms with van der Waals surface area (Å²) < 4.78 is 17.4. The van der Waals surface area contributed by atoms with Gasteiger partial charge in [-0.05, 0) is 37.7 Å². The maximum Gasteiger partial charge on any atom is 0.314 e. The molecule has 3 aliphatic rings. The van der Waals surface area contributed by atoms with Crippen molar-refractivity contribution in [1.29, 1.82) is 0 Å². The largest absolute Gasteiger partial charge is 0.469 e. The first-order chi connectivity index (χ1) is 11.9. The van der Waals surface area contributed by atoms with Crippen molar-refractivity contribution in [2.24, 2.45) is 23.2 Å². The van der Waals surface area contributed by atoms with Gasteiger partial charge in [0.2, 0.25) is 0 Å². The molecule has 0 amide bonds. The summed E-state index contributed by atoms with van der Waals surface area (Å²) in [5, 5.41) is 0. The smallest absolute Gasteiger partial charge is 0.314 e. The van der Waals surface area contributed by atoms with Crippen LogP contribution in [-0.2, 0) is 25.5 Å². The second-order valence-electron chi connectivity index (χ2n) is 8.18. The number of hydrogen-bond donors (Lipinski definition) is 0. The summed E-state index contributed by atoms with van der Waals surface area (Å²) in [6.45, 7) is 7.97. The molecule has 5 nitrogen and oxygen atoms in total. The molecule has 25 heavy (non-hydrogen) atoms. The predicted octanol–water partition coefficient (Wildman–Crippen LogP) is 3.73. The average Bonchev–Trinajstić information content (AvgIpc) is 3.07. The van der Waals surface area contributed by atoms with Gasteiger partial charge in [0.15, 0.2) is 0 Å². The summed E-state index contributed by atoms with van der Waals surface area (Å²) >= 11 is 0. The molecule has 0 N–H and O–H groups in total. The molecule has 1 aromatic rings. The first-order valence-electron chi connectivity index (χ1n) is 9.35. The second kappa shape index (κ2) is 5.61. The molecule has 1 saturated carbocycles. The van der Waals surface area contributed by atoms with Crippen molar-refractivity contribution in [3.8, 4) is 0 Å². The summed E-state index contributed by atoms with van der Waals surface area (Å²) in [6.07, 6.45) is 4.28. The Morgan fingerprint density at radius 2 is 2.20 bits per heavy atom. The highest BCUT2D eigenvalue weighted by Gasteiger charge is 2.66. The van der Waals surface area contributed by atoms with Gasteiger partial charge in [-0.3, -0.25) is 9.59 Å². The second-order valence-corrected chi connectivity index (χ2v) is 8.18. The van der Waals surface area contributed by atoms with E-state index < -0.39 is 0 Å². The summed E-state index contributed by atoms with van der Waals surface area (Å²) in [5.74, 6) is 0.299. The third-order valence-electron chi connectivity index (χ3n) is 6.85. The van der Waals surface area contributed by atoms with Crippen molar-refractivity contribution in [2.75, 3.05) is 0 Å². The highest BCUT2D eigenvalue weighted by Crippen LogP contribution is 2.63. The summed E-state index contributed by atoms with van der Waals surface area (Å²) in [4.78, 5) is 25.1. The Bertz CT molecular complexity index is 720. The molecule has 1 aromatic heterocycles. The quantitative estimate of drug-likeness (QED) is 0.780. The van der Waals surface area contributed by atoms with Crippen molar-refractivity contribution in [3.63, 3.8) is 0 Å². The van der Waals surface area contributed by atoms with Crippen LogP contribution in [0.3, 0.4) is 0 Å². The van der Waals surface area contributed by atoms with Crippen molar-refractivity contribution >= 4 is 11.9 Å². The number of carbonyl (C=O) groups is 2. The van der Waals surface area contributed by atoms with Crippen LogP contribution in [0.4, 0.5) is 0 Å². The molecule has 0 bridgehead atoms. The van der Waals surface area contributed by atoms with Crippen LogP contribution in [0.25, 0.3) is 0 Å². The van der Waals surface area contributed by atoms with Crippen LogP contribution in [0.1, 0.15) is 63.0 Å². The first-order valence-corrected chi connectivity index (χ1v) is 9.35. The van der Waals surface area contributed by atoms with E-state index in [9.17, 15) is 9.59 Å². The number of aryl methyl sites for hydroxylation is 1. The first kappa shape index (κ1) is 16.7. The lowest BCUT2D eigenvalue weighted by Gasteiger charge is -2.48. The average molecular weight is 346 g/mol. The Morgan fingerprint density at radius 3 is 2.92 bits per heavy atom. The molecule has 1 unspecified atom stereocenters. The van der Waals surface area contributed by atoms with Crippen LogP contribution in [0.5, 0.6) is 0 Å². The third-order valence-corrected chi connectivity index (χ3v) is 6.85. The lowest BCUT2D eigenvalue weighted by Crippen LogP contribution is -2.51. The zero-order chi connectivity index (χ0) is 17.9.